The van der Waals surface area contributed by atoms with E-state index in [1.165, 1.54) is 14.2 Å². The van der Waals surface area contributed by atoms with Crippen molar-refractivity contribution in [2.45, 2.75) is 93.8 Å². The van der Waals surface area contributed by atoms with E-state index in [0.29, 0.717) is 11.6 Å². The van der Waals surface area contributed by atoms with Gasteiger partial charge < -0.3 is 35.4 Å². The second-order valence-corrected chi connectivity index (χ2v) is 18.3. The third-order valence-electron chi connectivity index (χ3n) is 10.9. The zero-order chi connectivity index (χ0) is 44.1. The van der Waals surface area contributed by atoms with Crippen LogP contribution in [0.15, 0.2) is 73.1 Å². The number of ether oxygens (including phenoxy) is 2. The van der Waals surface area contributed by atoms with Crippen LogP contribution in [0.25, 0.3) is 44.4 Å². The Labute approximate surface area is 353 Å². The molecule has 4 atom stereocenters. The summed E-state index contributed by atoms with van der Waals surface area (Å²) in [6.45, 7) is 19.8. The number of H-pyrrole nitrogens is 2. The number of nitrogens with zero attached hydrogens (tertiary/aromatic N) is 2. The number of carbonyl (C=O) groups is 4. The molecule has 60 heavy (non-hydrogen) atoms. The third-order valence-corrected chi connectivity index (χ3v) is 10.9. The molecule has 0 aliphatic heterocycles. The molecule has 3 aromatic carbocycles. The van der Waals surface area contributed by atoms with Gasteiger partial charge in [0.15, 0.2) is 0 Å². The summed E-state index contributed by atoms with van der Waals surface area (Å²) in [6, 6.07) is 19.3. The molecule has 2 heterocycles. The van der Waals surface area contributed by atoms with Crippen molar-refractivity contribution >= 4 is 34.6 Å². The minimum Gasteiger partial charge on any atom is -0.469 e. The van der Waals surface area contributed by atoms with Gasteiger partial charge in [-0.25, -0.2) is 14.8 Å². The van der Waals surface area contributed by atoms with Gasteiger partial charge in [-0.1, -0.05) is 118 Å². The van der Waals surface area contributed by atoms with E-state index in [-0.39, 0.29) is 40.9 Å². The fraction of sp³-hybridized carbons (Fsp3) is 0.447. The molecule has 5 aromatic rings. The Kier molecular flexibility index (Phi) is 13.9. The zero-order valence-electron chi connectivity index (χ0n) is 36.9. The van der Waals surface area contributed by atoms with E-state index >= 15 is 0 Å². The molecule has 3 amide bonds. The minimum atomic E-state index is -0.773. The molecule has 0 saturated carbocycles. The Balaban J connectivity index is 1.31. The molecule has 320 valence electrons. The molecule has 0 spiro atoms. The first kappa shape index (κ1) is 45.1. The number of rotatable bonds is 14. The fourth-order valence-corrected chi connectivity index (χ4v) is 7.18. The fourth-order valence-electron chi connectivity index (χ4n) is 7.18. The smallest absolute Gasteiger partial charge is 0.407 e. The summed E-state index contributed by atoms with van der Waals surface area (Å²) >= 11 is 0. The molecule has 0 aliphatic carbocycles. The molecule has 13 nitrogen and oxygen atoms in total. The number of carbonyl (C=O) groups excluding carboxylic acids is 4. The van der Waals surface area contributed by atoms with E-state index in [1.54, 1.807) is 12.4 Å². The van der Waals surface area contributed by atoms with Crippen molar-refractivity contribution < 1.29 is 28.7 Å². The largest absolute Gasteiger partial charge is 0.469 e. The number of methoxy groups -OCH3 is 2. The lowest BCUT2D eigenvalue weighted by Crippen LogP contribution is -2.52. The number of aromatic nitrogens is 4. The molecule has 2 aromatic heterocycles. The molecule has 5 rings (SSSR count). The summed E-state index contributed by atoms with van der Waals surface area (Å²) in [5.41, 5.74) is 4.93. The number of nitrogens with one attached hydrogen (secondary N) is 5. The van der Waals surface area contributed by atoms with Crippen LogP contribution >= 0.6 is 0 Å². The monoisotopic (exact) mass is 819 g/mol. The van der Waals surface area contributed by atoms with Crippen LogP contribution in [0.5, 0.6) is 0 Å². The molecule has 0 bridgehead atoms. The van der Waals surface area contributed by atoms with Crippen molar-refractivity contribution in [3.63, 3.8) is 0 Å². The molecular weight excluding hydrogens is 759 g/mol. The Morgan fingerprint density at radius 3 is 1.55 bits per heavy atom. The van der Waals surface area contributed by atoms with E-state index in [4.69, 9.17) is 14.5 Å². The van der Waals surface area contributed by atoms with Crippen LogP contribution in [-0.2, 0) is 23.9 Å². The van der Waals surface area contributed by atoms with E-state index in [1.807, 2.05) is 81.4 Å². The Morgan fingerprint density at radius 2 is 1.07 bits per heavy atom. The van der Waals surface area contributed by atoms with Crippen molar-refractivity contribution in [3.8, 4) is 33.6 Å². The number of benzene rings is 3. The summed E-state index contributed by atoms with van der Waals surface area (Å²) in [5, 5.41) is 11.1. The Bertz CT molecular complexity index is 2290. The minimum absolute atomic E-state index is 0.0125. The summed E-state index contributed by atoms with van der Waals surface area (Å²) in [5.74, 6) is -0.421. The van der Waals surface area contributed by atoms with Crippen LogP contribution in [0.3, 0.4) is 0 Å². The SMILES string of the molecule is COC(=O)C[C@@H](C(=O)N[C@H](c1ncc(-c2ccc3cc(-c4ccc(-c5cnc([C@@H](NC(=O)[C@H](NC(=O)OC)C(C)C)C(C)(C)C)[nH]5)cc4)ccc3c2)[nH]1)C(C)(C)C)C(C)C. The summed E-state index contributed by atoms with van der Waals surface area (Å²) in [6.07, 6.45) is 2.91. The predicted molar refractivity (Wildman–Crippen MR) is 234 cm³/mol. The van der Waals surface area contributed by atoms with Gasteiger partial charge in [0.1, 0.15) is 17.7 Å². The zero-order valence-corrected chi connectivity index (χ0v) is 36.9. The van der Waals surface area contributed by atoms with Crippen molar-refractivity contribution in [2.24, 2.45) is 28.6 Å². The quantitative estimate of drug-likeness (QED) is 0.0689. The number of imidazole rings is 2. The molecule has 5 N–H and O–H groups in total. The predicted octanol–water partition coefficient (Wildman–Crippen LogP) is 8.91. The molecule has 0 fully saturated rings. The van der Waals surface area contributed by atoms with Crippen LogP contribution in [0.2, 0.25) is 0 Å². The second-order valence-electron chi connectivity index (χ2n) is 18.3. The van der Waals surface area contributed by atoms with Crippen molar-refractivity contribution in [2.75, 3.05) is 14.2 Å². The van der Waals surface area contributed by atoms with Crippen LogP contribution in [0.1, 0.15) is 99.4 Å². The lowest BCUT2D eigenvalue weighted by molar-refractivity contribution is -0.145. The second kappa shape index (κ2) is 18.5. The van der Waals surface area contributed by atoms with Crippen LogP contribution in [0, 0.1) is 28.6 Å². The van der Waals surface area contributed by atoms with E-state index in [0.717, 1.165) is 44.4 Å². The lowest BCUT2D eigenvalue weighted by atomic mass is 9.84. The van der Waals surface area contributed by atoms with Crippen LogP contribution in [-0.4, -0.2) is 64.1 Å². The maximum absolute atomic E-state index is 13.5. The van der Waals surface area contributed by atoms with Gasteiger partial charge in [-0.15, -0.1) is 0 Å². The van der Waals surface area contributed by atoms with Gasteiger partial charge in [0.2, 0.25) is 11.8 Å². The Morgan fingerprint density at radius 1 is 0.600 bits per heavy atom. The topological polar surface area (TPSA) is 180 Å². The van der Waals surface area contributed by atoms with Crippen LogP contribution in [0.4, 0.5) is 4.79 Å². The highest BCUT2D eigenvalue weighted by atomic mass is 16.5. The third kappa shape index (κ3) is 10.8. The highest BCUT2D eigenvalue weighted by Crippen LogP contribution is 2.36. The van der Waals surface area contributed by atoms with Crippen molar-refractivity contribution in [1.82, 2.24) is 35.9 Å². The molecule has 0 unspecified atom stereocenters. The molecule has 0 saturated heterocycles. The van der Waals surface area contributed by atoms with E-state index < -0.39 is 36.1 Å². The molecule has 13 heteroatoms. The summed E-state index contributed by atoms with van der Waals surface area (Å²) in [4.78, 5) is 67.1. The van der Waals surface area contributed by atoms with Gasteiger partial charge in [0.25, 0.3) is 0 Å². The number of amides is 3. The van der Waals surface area contributed by atoms with Gasteiger partial charge in [-0.2, -0.15) is 0 Å². The van der Waals surface area contributed by atoms with E-state index in [9.17, 15) is 19.2 Å². The first-order chi connectivity index (χ1) is 28.2. The average Bonchev–Trinajstić information content (AvgIpc) is 3.89. The maximum atomic E-state index is 13.5. The highest BCUT2D eigenvalue weighted by Gasteiger charge is 2.36. The number of hydrogen-bond donors (Lipinski definition) is 5. The van der Waals surface area contributed by atoms with Gasteiger partial charge in [-0.05, 0) is 62.3 Å². The van der Waals surface area contributed by atoms with Crippen molar-refractivity contribution in [3.05, 3.63) is 84.7 Å². The number of alkyl carbamates (subject to hydrolysis) is 1. The first-order valence-corrected chi connectivity index (χ1v) is 20.5. The number of hydrogen-bond acceptors (Lipinski definition) is 8. The summed E-state index contributed by atoms with van der Waals surface area (Å²) < 4.78 is 9.59. The van der Waals surface area contributed by atoms with Crippen LogP contribution < -0.4 is 16.0 Å². The number of fused-ring (bicyclic) bond motifs is 1. The van der Waals surface area contributed by atoms with Gasteiger partial charge in [0.05, 0.1) is 62.4 Å². The molecular formula is C47H61N7O6. The van der Waals surface area contributed by atoms with Gasteiger partial charge in [0, 0.05) is 5.56 Å². The first-order valence-electron chi connectivity index (χ1n) is 20.5. The van der Waals surface area contributed by atoms with Crippen molar-refractivity contribution in [1.29, 1.82) is 0 Å². The number of esters is 1. The maximum Gasteiger partial charge on any atom is 0.407 e. The summed E-state index contributed by atoms with van der Waals surface area (Å²) in [7, 11) is 2.60. The molecule has 0 radical (unpaired) electrons. The van der Waals surface area contributed by atoms with Gasteiger partial charge >= 0.3 is 12.1 Å². The average molecular weight is 820 g/mol. The standard InChI is InChI=1S/C47H61N7O6/c1-26(2)34(23-37(55)59-11)43(56)53-39(46(5,6)7)41-49-25-36(51-41)33-20-19-31-21-30(17-18-32(31)22-33)28-13-15-29(16-14-28)35-24-48-42(50-35)40(47(8,9)10)54-44(57)38(27(3)4)52-45(58)60-12/h13-22,24-27,34,38-40H,23H2,1-12H3,(H,48,50)(H,49,51)(H,52,58)(H,53,56)(H,54,57)/t34-,38-,39-,40-/m1/s1. The van der Waals surface area contributed by atoms with E-state index in [2.05, 4.69) is 79.4 Å². The van der Waals surface area contributed by atoms with Gasteiger partial charge in [-0.3, -0.25) is 14.4 Å². The number of aromatic amines is 2. The highest BCUT2D eigenvalue weighted by molar-refractivity contribution is 5.91. The normalized spacial score (nSPS) is 14.0. The lowest BCUT2D eigenvalue weighted by Gasteiger charge is -2.32. The Hall–Kier alpha value is -5.98. The molecule has 0 aliphatic rings.